The van der Waals surface area contributed by atoms with Gasteiger partial charge in [-0.3, -0.25) is 4.90 Å². The quantitative estimate of drug-likeness (QED) is 0.420. The largest absolute Gasteiger partial charge is 0.495 e. The lowest BCUT2D eigenvalue weighted by molar-refractivity contribution is 0.0204. The number of ether oxygens (including phenoxy) is 5. The average molecular weight is 523 g/mol. The van der Waals surface area contributed by atoms with Crippen molar-refractivity contribution in [1.82, 2.24) is 4.90 Å². The number of rotatable bonds is 10. The van der Waals surface area contributed by atoms with Gasteiger partial charge in [0.2, 0.25) is 0 Å². The molecule has 0 saturated carbocycles. The second-order valence-corrected chi connectivity index (χ2v) is 9.19. The molecule has 1 unspecified atom stereocenters. The number of methoxy groups -OCH3 is 5. The lowest BCUT2D eigenvalue weighted by Gasteiger charge is -2.51. The fourth-order valence-corrected chi connectivity index (χ4v) is 5.50. The Morgan fingerprint density at radius 1 is 0.737 bits per heavy atom. The van der Waals surface area contributed by atoms with E-state index in [0.717, 1.165) is 47.8 Å². The van der Waals surface area contributed by atoms with Crippen molar-refractivity contribution in [3.05, 3.63) is 60.2 Å². The fourth-order valence-electron chi connectivity index (χ4n) is 5.50. The Kier molecular flexibility index (Phi) is 8.54. The van der Waals surface area contributed by atoms with Gasteiger partial charge in [-0.2, -0.15) is 0 Å². The molecule has 0 radical (unpaired) electrons. The maximum Gasteiger partial charge on any atom is 0.161 e. The lowest BCUT2D eigenvalue weighted by Crippen LogP contribution is -2.62. The zero-order chi connectivity index (χ0) is 27.3. The zero-order valence-electron chi connectivity index (χ0n) is 23.1. The Morgan fingerprint density at radius 2 is 1.37 bits per heavy atom. The third kappa shape index (κ3) is 4.81. The lowest BCUT2D eigenvalue weighted by atomic mass is 9.80. The minimum absolute atomic E-state index is 0.0950. The highest BCUT2D eigenvalue weighted by Crippen LogP contribution is 2.46. The van der Waals surface area contributed by atoms with Crippen molar-refractivity contribution >= 4 is 5.69 Å². The van der Waals surface area contributed by atoms with Crippen LogP contribution in [0.3, 0.4) is 0 Å². The molecule has 0 amide bonds. The number of hydrogen-bond acceptors (Lipinski definition) is 8. The van der Waals surface area contributed by atoms with Crippen molar-refractivity contribution < 1.29 is 28.8 Å². The van der Waals surface area contributed by atoms with Gasteiger partial charge in [-0.15, -0.1) is 0 Å². The second-order valence-electron chi connectivity index (χ2n) is 9.19. The molecule has 8 nitrogen and oxygen atoms in total. The summed E-state index contributed by atoms with van der Waals surface area (Å²) in [7, 11) is 8.18. The summed E-state index contributed by atoms with van der Waals surface area (Å²) in [5.74, 6) is 3.28. The maximum atomic E-state index is 11.2. The van der Waals surface area contributed by atoms with Gasteiger partial charge in [-0.25, -0.2) is 0 Å². The first-order valence-corrected chi connectivity index (χ1v) is 12.7. The topological polar surface area (TPSA) is 72.9 Å². The van der Waals surface area contributed by atoms with E-state index in [2.05, 4.69) is 22.8 Å². The van der Waals surface area contributed by atoms with Gasteiger partial charge >= 0.3 is 0 Å². The van der Waals surface area contributed by atoms with Gasteiger partial charge in [-0.05, 0) is 59.6 Å². The molecule has 0 aliphatic carbocycles. The van der Waals surface area contributed by atoms with Gasteiger partial charge in [0, 0.05) is 19.6 Å². The Hall–Kier alpha value is -3.62. The molecule has 4 rings (SSSR count). The van der Waals surface area contributed by atoms with Crippen molar-refractivity contribution in [3.63, 3.8) is 0 Å². The maximum absolute atomic E-state index is 11.2. The first-order valence-electron chi connectivity index (χ1n) is 12.7. The molecule has 38 heavy (non-hydrogen) atoms. The van der Waals surface area contributed by atoms with E-state index in [0.29, 0.717) is 29.5 Å². The molecule has 1 saturated heterocycles. The summed E-state index contributed by atoms with van der Waals surface area (Å²) in [5, 5.41) is 11.2. The SMILES string of the molecule is CCN1CCN(c2ccccc2OC)CC1(CO)c1cc(OC)c(OC)cc1-c1ccc(OC)c(OC)c1. The number of para-hydroxylation sites is 2. The van der Waals surface area contributed by atoms with E-state index < -0.39 is 5.54 Å². The van der Waals surface area contributed by atoms with E-state index in [-0.39, 0.29) is 6.61 Å². The predicted molar refractivity (Wildman–Crippen MR) is 149 cm³/mol. The van der Waals surface area contributed by atoms with Gasteiger partial charge in [0.05, 0.1) is 53.4 Å². The standard InChI is InChI=1S/C30H38N2O6/c1-7-32-15-14-31(24-10-8-9-11-25(24)34-2)19-30(32,20-33)23-18-29(38-6)28(37-5)17-22(23)21-12-13-26(35-3)27(16-21)36-4/h8-13,16-18,33H,7,14-15,19-20H2,1-6H3. The second kappa shape index (κ2) is 11.8. The number of benzene rings is 3. The summed E-state index contributed by atoms with van der Waals surface area (Å²) in [4.78, 5) is 4.63. The van der Waals surface area contributed by atoms with Crippen LogP contribution in [0.4, 0.5) is 5.69 Å². The first kappa shape index (κ1) is 27.4. The third-order valence-corrected chi connectivity index (χ3v) is 7.49. The van der Waals surface area contributed by atoms with Gasteiger partial charge in [0.25, 0.3) is 0 Å². The van der Waals surface area contributed by atoms with Crippen LogP contribution in [0.25, 0.3) is 11.1 Å². The normalized spacial score (nSPS) is 17.7. The van der Waals surface area contributed by atoms with Gasteiger partial charge in [0.1, 0.15) is 5.75 Å². The van der Waals surface area contributed by atoms with Crippen LogP contribution in [-0.4, -0.2) is 78.3 Å². The molecule has 0 bridgehead atoms. The minimum Gasteiger partial charge on any atom is -0.495 e. The number of hydrogen-bond donors (Lipinski definition) is 1. The molecule has 1 aliphatic heterocycles. The molecular formula is C30H38N2O6. The first-order chi connectivity index (χ1) is 18.5. The number of piperazine rings is 1. The van der Waals surface area contributed by atoms with Gasteiger partial charge < -0.3 is 33.7 Å². The fraction of sp³-hybridized carbons (Fsp3) is 0.400. The van der Waals surface area contributed by atoms with E-state index in [1.807, 2.05) is 48.5 Å². The summed E-state index contributed by atoms with van der Waals surface area (Å²) in [6.07, 6.45) is 0. The monoisotopic (exact) mass is 522 g/mol. The highest BCUT2D eigenvalue weighted by molar-refractivity contribution is 5.75. The molecule has 1 fully saturated rings. The minimum atomic E-state index is -0.740. The van der Waals surface area contributed by atoms with E-state index in [4.69, 9.17) is 23.7 Å². The molecular weight excluding hydrogens is 484 g/mol. The van der Waals surface area contributed by atoms with Crippen molar-refractivity contribution in [2.45, 2.75) is 12.5 Å². The number of aliphatic hydroxyl groups excluding tert-OH is 1. The van der Waals surface area contributed by atoms with Crippen molar-refractivity contribution in [2.24, 2.45) is 0 Å². The average Bonchev–Trinajstić information content (AvgIpc) is 2.99. The van der Waals surface area contributed by atoms with Crippen LogP contribution < -0.4 is 28.6 Å². The number of aliphatic hydroxyl groups is 1. The molecule has 0 spiro atoms. The highest BCUT2D eigenvalue weighted by atomic mass is 16.5. The van der Waals surface area contributed by atoms with Gasteiger partial charge in [-0.1, -0.05) is 25.1 Å². The zero-order valence-corrected chi connectivity index (χ0v) is 23.1. The van der Waals surface area contributed by atoms with Crippen molar-refractivity contribution in [1.29, 1.82) is 0 Å². The third-order valence-electron chi connectivity index (χ3n) is 7.49. The van der Waals surface area contributed by atoms with Crippen LogP contribution in [0.2, 0.25) is 0 Å². The van der Waals surface area contributed by atoms with Crippen LogP contribution >= 0.6 is 0 Å². The summed E-state index contributed by atoms with van der Waals surface area (Å²) in [5.41, 5.74) is 3.02. The van der Waals surface area contributed by atoms with E-state index in [9.17, 15) is 5.11 Å². The summed E-state index contributed by atoms with van der Waals surface area (Å²) >= 11 is 0. The van der Waals surface area contributed by atoms with E-state index in [1.165, 1.54) is 0 Å². The Labute approximate surface area is 225 Å². The van der Waals surface area contributed by atoms with Crippen LogP contribution in [0.5, 0.6) is 28.7 Å². The van der Waals surface area contributed by atoms with E-state index >= 15 is 0 Å². The van der Waals surface area contributed by atoms with Crippen molar-refractivity contribution in [3.8, 4) is 39.9 Å². The number of nitrogens with zero attached hydrogens (tertiary/aromatic N) is 2. The summed E-state index contributed by atoms with van der Waals surface area (Å²) in [6.45, 7) is 4.90. The molecule has 1 aliphatic rings. The highest BCUT2D eigenvalue weighted by Gasteiger charge is 2.45. The Bertz CT molecular complexity index is 1250. The molecule has 0 aromatic heterocycles. The Morgan fingerprint density at radius 3 is 2.00 bits per heavy atom. The van der Waals surface area contributed by atoms with E-state index in [1.54, 1.807) is 35.5 Å². The van der Waals surface area contributed by atoms with Crippen LogP contribution in [0.1, 0.15) is 12.5 Å². The molecule has 1 atom stereocenters. The molecule has 1 heterocycles. The molecule has 3 aromatic carbocycles. The molecule has 204 valence electrons. The smallest absolute Gasteiger partial charge is 0.161 e. The Balaban J connectivity index is 1.95. The molecule has 1 N–H and O–H groups in total. The molecule has 3 aromatic rings. The van der Waals surface area contributed by atoms with Crippen LogP contribution in [0.15, 0.2) is 54.6 Å². The van der Waals surface area contributed by atoms with Crippen LogP contribution in [-0.2, 0) is 5.54 Å². The number of anilines is 1. The summed E-state index contributed by atoms with van der Waals surface area (Å²) in [6, 6.07) is 17.8. The van der Waals surface area contributed by atoms with Crippen molar-refractivity contribution in [2.75, 3.05) is 73.2 Å². The van der Waals surface area contributed by atoms with Crippen LogP contribution in [0, 0.1) is 0 Å². The van der Waals surface area contributed by atoms with Gasteiger partial charge in [0.15, 0.2) is 23.0 Å². The summed E-state index contributed by atoms with van der Waals surface area (Å²) < 4.78 is 28.2. The number of likely N-dealkylation sites (N-methyl/N-ethyl adjacent to an activating group) is 1. The molecule has 8 heteroatoms. The predicted octanol–water partition coefficient (Wildman–Crippen LogP) is 4.43.